The summed E-state index contributed by atoms with van der Waals surface area (Å²) in [5.41, 5.74) is 0.381. The topological polar surface area (TPSA) is 62.2 Å². The summed E-state index contributed by atoms with van der Waals surface area (Å²) in [7, 11) is 0. The molecule has 2 N–H and O–H groups in total. The molecule has 0 bridgehead atoms. The van der Waals surface area contributed by atoms with E-state index < -0.39 is 0 Å². The smallest absolute Gasteiger partial charge is 0.279 e. The van der Waals surface area contributed by atoms with Crippen molar-refractivity contribution >= 4 is 33.1 Å². The molecule has 0 aliphatic carbocycles. The van der Waals surface area contributed by atoms with Gasteiger partial charge < -0.3 is 10.4 Å². The predicted molar refractivity (Wildman–Crippen MR) is 96.9 cm³/mol. The third kappa shape index (κ3) is 2.44. The highest BCUT2D eigenvalue weighted by Gasteiger charge is 2.08. The average Bonchev–Trinajstić information content (AvgIpc) is 2.72. The number of phenolic OH excluding ortho intramolecular Hbond substituents is 1. The van der Waals surface area contributed by atoms with E-state index in [1.807, 2.05) is 48.5 Å². The molecule has 0 radical (unpaired) electrons. The molecular formula is C20H14N2O2. The fourth-order valence-electron chi connectivity index (χ4n) is 2.87. The number of nitrogens with zero attached hydrogens (tertiary/aromatic N) is 1. The van der Waals surface area contributed by atoms with E-state index in [1.54, 1.807) is 24.3 Å². The number of phenols is 1. The Morgan fingerprint density at radius 1 is 0.750 bits per heavy atom. The van der Waals surface area contributed by atoms with Crippen LogP contribution in [0.4, 0.5) is 11.5 Å². The zero-order valence-corrected chi connectivity index (χ0v) is 12.7. The number of aromatic hydroxyl groups is 1. The molecular weight excluding hydrogens is 300 g/mol. The average molecular weight is 314 g/mol. The Morgan fingerprint density at radius 3 is 2.08 bits per heavy atom. The molecule has 0 saturated heterocycles. The molecule has 4 heteroatoms. The van der Waals surface area contributed by atoms with Crippen LogP contribution in [0.5, 0.6) is 5.75 Å². The van der Waals surface area contributed by atoms with Crippen molar-refractivity contribution in [3.8, 4) is 5.75 Å². The maximum absolute atomic E-state index is 12.6. The minimum atomic E-state index is -0.288. The molecule has 0 unspecified atom stereocenters. The molecule has 0 aliphatic heterocycles. The Morgan fingerprint density at radius 2 is 1.38 bits per heavy atom. The van der Waals surface area contributed by atoms with Gasteiger partial charge in [0.15, 0.2) is 0 Å². The first kappa shape index (κ1) is 14.2. The van der Waals surface area contributed by atoms with Gasteiger partial charge in [-0.25, -0.2) is 0 Å². The van der Waals surface area contributed by atoms with E-state index >= 15 is 0 Å². The van der Waals surface area contributed by atoms with Crippen molar-refractivity contribution in [2.45, 2.75) is 0 Å². The van der Waals surface area contributed by atoms with Gasteiger partial charge >= 0.3 is 0 Å². The van der Waals surface area contributed by atoms with Crippen LogP contribution in [0.2, 0.25) is 0 Å². The number of hydrogen-bond donors (Lipinski definition) is 2. The summed E-state index contributed by atoms with van der Waals surface area (Å²) in [5, 5.41) is 16.0. The molecule has 0 saturated carbocycles. The Labute approximate surface area is 138 Å². The van der Waals surface area contributed by atoms with E-state index in [9.17, 15) is 9.90 Å². The standard InChI is InChI=1S/C20H14N2O2/c23-14-7-5-6-13(12-14)21-19-17-10-3-1-8-15(17)16-9-2-4-11-18(16)20(24)22-19/h1-12,23H,(H,21,22,24). The number of anilines is 2. The first-order valence-corrected chi connectivity index (χ1v) is 7.60. The van der Waals surface area contributed by atoms with Gasteiger partial charge in [0.25, 0.3) is 5.56 Å². The zero-order chi connectivity index (χ0) is 16.5. The number of nitrogens with one attached hydrogen (secondary N) is 1. The Bertz CT molecular complexity index is 1120. The molecule has 3 aromatic carbocycles. The molecule has 1 heterocycles. The number of rotatable bonds is 2. The first-order chi connectivity index (χ1) is 11.7. The van der Waals surface area contributed by atoms with Crippen molar-refractivity contribution < 1.29 is 5.11 Å². The summed E-state index contributed by atoms with van der Waals surface area (Å²) in [4.78, 5) is 16.8. The van der Waals surface area contributed by atoms with Crippen LogP contribution in [-0.4, -0.2) is 10.1 Å². The minimum absolute atomic E-state index is 0.150. The van der Waals surface area contributed by atoms with E-state index in [0.29, 0.717) is 16.9 Å². The third-order valence-electron chi connectivity index (χ3n) is 3.95. The van der Waals surface area contributed by atoms with Gasteiger partial charge in [0, 0.05) is 22.5 Å². The van der Waals surface area contributed by atoms with Gasteiger partial charge in [-0.05, 0) is 29.0 Å². The second-order valence-electron chi connectivity index (χ2n) is 5.53. The van der Waals surface area contributed by atoms with E-state index in [2.05, 4.69) is 10.3 Å². The van der Waals surface area contributed by atoms with Crippen LogP contribution in [0.3, 0.4) is 0 Å². The van der Waals surface area contributed by atoms with Gasteiger partial charge in [-0.1, -0.05) is 48.5 Å². The largest absolute Gasteiger partial charge is 0.508 e. The second kappa shape index (κ2) is 5.66. The quantitative estimate of drug-likeness (QED) is 0.582. The third-order valence-corrected chi connectivity index (χ3v) is 3.95. The highest BCUT2D eigenvalue weighted by molar-refractivity contribution is 6.09. The number of fused-ring (bicyclic) bond motifs is 3. The van der Waals surface area contributed by atoms with Crippen molar-refractivity contribution in [3.05, 3.63) is 83.2 Å². The normalized spacial score (nSPS) is 10.8. The van der Waals surface area contributed by atoms with Crippen LogP contribution in [0.1, 0.15) is 0 Å². The van der Waals surface area contributed by atoms with Crippen LogP contribution < -0.4 is 10.9 Å². The Kier molecular flexibility index (Phi) is 3.35. The Balaban J connectivity index is 2.06. The van der Waals surface area contributed by atoms with E-state index in [0.717, 1.165) is 16.2 Å². The summed E-state index contributed by atoms with van der Waals surface area (Å²) in [5.74, 6) is 0.620. The van der Waals surface area contributed by atoms with Gasteiger partial charge in [-0.15, -0.1) is 0 Å². The zero-order valence-electron chi connectivity index (χ0n) is 12.7. The van der Waals surface area contributed by atoms with E-state index in [-0.39, 0.29) is 11.3 Å². The molecule has 116 valence electrons. The summed E-state index contributed by atoms with van der Waals surface area (Å²) in [6, 6.07) is 22.0. The predicted octanol–water partition coefficient (Wildman–Crippen LogP) is 4.20. The summed E-state index contributed by atoms with van der Waals surface area (Å²) >= 11 is 0. The molecule has 4 aromatic rings. The minimum Gasteiger partial charge on any atom is -0.508 e. The second-order valence-corrected chi connectivity index (χ2v) is 5.53. The van der Waals surface area contributed by atoms with Crippen LogP contribution in [-0.2, 0) is 0 Å². The maximum atomic E-state index is 12.6. The molecule has 4 rings (SSSR count). The number of benzene rings is 3. The molecule has 24 heavy (non-hydrogen) atoms. The molecule has 4 nitrogen and oxygen atoms in total. The van der Waals surface area contributed by atoms with E-state index in [1.165, 1.54) is 0 Å². The van der Waals surface area contributed by atoms with Crippen molar-refractivity contribution in [1.82, 2.24) is 4.98 Å². The Hall–Kier alpha value is -3.40. The van der Waals surface area contributed by atoms with Crippen LogP contribution in [0.15, 0.2) is 77.6 Å². The van der Waals surface area contributed by atoms with Crippen molar-refractivity contribution in [3.63, 3.8) is 0 Å². The lowest BCUT2D eigenvalue weighted by molar-refractivity contribution is 0.475. The lowest BCUT2D eigenvalue weighted by atomic mass is 10.1. The fourth-order valence-corrected chi connectivity index (χ4v) is 2.87. The number of hydrogen-bond acceptors (Lipinski definition) is 4. The summed E-state index contributed by atoms with van der Waals surface area (Å²) < 4.78 is 0. The van der Waals surface area contributed by atoms with Crippen molar-refractivity contribution in [2.24, 2.45) is 0 Å². The molecule has 0 fully saturated rings. The van der Waals surface area contributed by atoms with Crippen LogP contribution >= 0.6 is 0 Å². The SMILES string of the molecule is O=c1nc(Nc2cccc(O)c2)c2ccccc2c2ccccc12. The van der Waals surface area contributed by atoms with Gasteiger partial charge in [-0.2, -0.15) is 4.98 Å². The highest BCUT2D eigenvalue weighted by atomic mass is 16.3. The van der Waals surface area contributed by atoms with E-state index in [4.69, 9.17) is 0 Å². The molecule has 0 aliphatic rings. The molecule has 0 amide bonds. The lowest BCUT2D eigenvalue weighted by Gasteiger charge is -2.06. The highest BCUT2D eigenvalue weighted by Crippen LogP contribution is 2.28. The fraction of sp³-hybridized carbons (Fsp3) is 0. The van der Waals surface area contributed by atoms with Gasteiger partial charge in [0.2, 0.25) is 0 Å². The molecule has 0 spiro atoms. The molecule has 0 atom stereocenters. The van der Waals surface area contributed by atoms with Gasteiger partial charge in [-0.3, -0.25) is 4.79 Å². The van der Waals surface area contributed by atoms with Crippen LogP contribution in [0.25, 0.3) is 21.5 Å². The van der Waals surface area contributed by atoms with Crippen molar-refractivity contribution in [1.29, 1.82) is 0 Å². The van der Waals surface area contributed by atoms with Crippen molar-refractivity contribution in [2.75, 3.05) is 5.32 Å². The monoisotopic (exact) mass is 314 g/mol. The maximum Gasteiger partial charge on any atom is 0.279 e. The molecule has 1 aromatic heterocycles. The van der Waals surface area contributed by atoms with Crippen LogP contribution in [0, 0.1) is 0 Å². The number of aromatic nitrogens is 1. The van der Waals surface area contributed by atoms with Gasteiger partial charge in [0.05, 0.1) is 0 Å². The lowest BCUT2D eigenvalue weighted by Crippen LogP contribution is -2.04. The summed E-state index contributed by atoms with van der Waals surface area (Å²) in [6.07, 6.45) is 0. The van der Waals surface area contributed by atoms with Gasteiger partial charge in [0.1, 0.15) is 11.6 Å². The first-order valence-electron chi connectivity index (χ1n) is 7.60. The summed E-state index contributed by atoms with van der Waals surface area (Å²) in [6.45, 7) is 0.